The van der Waals surface area contributed by atoms with Crippen molar-refractivity contribution in [2.45, 2.75) is 38.6 Å². The van der Waals surface area contributed by atoms with Gasteiger partial charge in [-0.3, -0.25) is 0 Å². The number of rotatable bonds is 7. The van der Waals surface area contributed by atoms with E-state index in [-0.39, 0.29) is 5.38 Å². The molecule has 3 heteroatoms. The zero-order valence-electron chi connectivity index (χ0n) is 10.5. The topological polar surface area (TPSA) is 12.0 Å². The van der Waals surface area contributed by atoms with Crippen LogP contribution >= 0.6 is 23.2 Å². The first-order valence-electron chi connectivity index (χ1n) is 6.26. The van der Waals surface area contributed by atoms with Gasteiger partial charge in [-0.15, -0.1) is 11.6 Å². The lowest BCUT2D eigenvalue weighted by Crippen LogP contribution is -2.28. The Morgan fingerprint density at radius 2 is 1.71 bits per heavy atom. The van der Waals surface area contributed by atoms with Crippen molar-refractivity contribution in [1.29, 1.82) is 0 Å². The molecule has 0 heterocycles. The molecule has 1 rings (SSSR count). The standard InChI is InChI=1S/C14H21Cl2N/c1-3-12(4-2)14(16)10-17-9-11-5-7-13(15)8-6-11/h5-8,12,14,17H,3-4,9-10H2,1-2H3. The number of nitrogens with one attached hydrogen (secondary N) is 1. The third-order valence-electron chi connectivity index (χ3n) is 3.14. The van der Waals surface area contributed by atoms with Gasteiger partial charge in [-0.2, -0.15) is 0 Å². The smallest absolute Gasteiger partial charge is 0.0488 e. The third-order valence-corrected chi connectivity index (χ3v) is 3.90. The fraction of sp³-hybridized carbons (Fsp3) is 0.571. The van der Waals surface area contributed by atoms with Crippen LogP contribution in [0.3, 0.4) is 0 Å². The first-order valence-corrected chi connectivity index (χ1v) is 7.08. The molecule has 0 spiro atoms. The molecule has 1 aromatic rings. The minimum atomic E-state index is 0.220. The Morgan fingerprint density at radius 3 is 2.24 bits per heavy atom. The zero-order chi connectivity index (χ0) is 12.7. The van der Waals surface area contributed by atoms with Crippen molar-refractivity contribution in [3.05, 3.63) is 34.9 Å². The van der Waals surface area contributed by atoms with Crippen LogP contribution in [0.1, 0.15) is 32.3 Å². The summed E-state index contributed by atoms with van der Waals surface area (Å²) in [5.41, 5.74) is 1.24. The number of benzene rings is 1. The van der Waals surface area contributed by atoms with E-state index in [0.29, 0.717) is 5.92 Å². The number of hydrogen-bond acceptors (Lipinski definition) is 1. The fourth-order valence-electron chi connectivity index (χ4n) is 1.92. The Labute approximate surface area is 115 Å². The molecule has 1 atom stereocenters. The van der Waals surface area contributed by atoms with E-state index in [1.54, 1.807) is 0 Å². The molecular weight excluding hydrogens is 253 g/mol. The van der Waals surface area contributed by atoms with Crippen LogP contribution in [0.4, 0.5) is 0 Å². The molecule has 0 saturated carbocycles. The van der Waals surface area contributed by atoms with E-state index in [9.17, 15) is 0 Å². The minimum absolute atomic E-state index is 0.220. The molecular formula is C14H21Cl2N. The average Bonchev–Trinajstić information content (AvgIpc) is 2.33. The largest absolute Gasteiger partial charge is 0.311 e. The van der Waals surface area contributed by atoms with E-state index in [1.165, 1.54) is 5.56 Å². The summed E-state index contributed by atoms with van der Waals surface area (Å²) in [6.45, 7) is 6.10. The molecule has 0 aliphatic heterocycles. The highest BCUT2D eigenvalue weighted by Crippen LogP contribution is 2.17. The van der Waals surface area contributed by atoms with Crippen LogP contribution in [0, 0.1) is 5.92 Å². The predicted octanol–water partition coefficient (Wildman–Crippen LogP) is 4.47. The average molecular weight is 274 g/mol. The van der Waals surface area contributed by atoms with Crippen molar-refractivity contribution >= 4 is 23.2 Å². The van der Waals surface area contributed by atoms with Gasteiger partial charge in [0.2, 0.25) is 0 Å². The van der Waals surface area contributed by atoms with Gasteiger partial charge in [-0.25, -0.2) is 0 Å². The second kappa shape index (κ2) is 7.97. The summed E-state index contributed by atoms with van der Waals surface area (Å²) in [4.78, 5) is 0. The van der Waals surface area contributed by atoms with Gasteiger partial charge in [-0.05, 0) is 23.6 Å². The quantitative estimate of drug-likeness (QED) is 0.723. The van der Waals surface area contributed by atoms with Crippen LogP contribution in [-0.4, -0.2) is 11.9 Å². The van der Waals surface area contributed by atoms with Crippen LogP contribution in [0.25, 0.3) is 0 Å². The van der Waals surface area contributed by atoms with E-state index in [4.69, 9.17) is 23.2 Å². The second-order valence-electron chi connectivity index (χ2n) is 4.35. The zero-order valence-corrected chi connectivity index (χ0v) is 12.1. The van der Waals surface area contributed by atoms with E-state index in [2.05, 4.69) is 19.2 Å². The predicted molar refractivity (Wildman–Crippen MR) is 76.9 cm³/mol. The Morgan fingerprint density at radius 1 is 1.12 bits per heavy atom. The number of halogens is 2. The molecule has 1 nitrogen and oxygen atoms in total. The molecule has 0 aliphatic rings. The van der Waals surface area contributed by atoms with E-state index >= 15 is 0 Å². The molecule has 0 amide bonds. The highest BCUT2D eigenvalue weighted by atomic mass is 35.5. The van der Waals surface area contributed by atoms with Crippen molar-refractivity contribution < 1.29 is 0 Å². The Kier molecular flexibility index (Phi) is 6.94. The van der Waals surface area contributed by atoms with Gasteiger partial charge in [0.25, 0.3) is 0 Å². The van der Waals surface area contributed by atoms with Gasteiger partial charge in [0.05, 0.1) is 0 Å². The van der Waals surface area contributed by atoms with E-state index in [0.717, 1.165) is 31.0 Å². The van der Waals surface area contributed by atoms with Crippen LogP contribution in [0.15, 0.2) is 24.3 Å². The first kappa shape index (κ1) is 14.8. The fourth-order valence-corrected chi connectivity index (χ4v) is 2.51. The van der Waals surface area contributed by atoms with Gasteiger partial charge < -0.3 is 5.32 Å². The van der Waals surface area contributed by atoms with Crippen LogP contribution < -0.4 is 5.32 Å². The Hall–Kier alpha value is -0.240. The van der Waals surface area contributed by atoms with Crippen LogP contribution in [-0.2, 0) is 6.54 Å². The maximum atomic E-state index is 6.35. The van der Waals surface area contributed by atoms with Gasteiger partial charge in [0.1, 0.15) is 0 Å². The van der Waals surface area contributed by atoms with Crippen LogP contribution in [0.2, 0.25) is 5.02 Å². The lowest BCUT2D eigenvalue weighted by Gasteiger charge is -2.19. The summed E-state index contributed by atoms with van der Waals surface area (Å²) in [5.74, 6) is 0.606. The normalized spacial score (nSPS) is 13.0. The summed E-state index contributed by atoms with van der Waals surface area (Å²) < 4.78 is 0. The first-order chi connectivity index (χ1) is 8.17. The van der Waals surface area contributed by atoms with Gasteiger partial charge in [0.15, 0.2) is 0 Å². The maximum absolute atomic E-state index is 6.35. The summed E-state index contributed by atoms with van der Waals surface area (Å²) in [5, 5.41) is 4.39. The summed E-state index contributed by atoms with van der Waals surface area (Å²) in [7, 11) is 0. The van der Waals surface area contributed by atoms with Crippen molar-refractivity contribution in [3.63, 3.8) is 0 Å². The number of hydrogen-bond donors (Lipinski definition) is 1. The molecule has 0 saturated heterocycles. The molecule has 1 aromatic carbocycles. The van der Waals surface area contributed by atoms with E-state index in [1.807, 2.05) is 24.3 Å². The highest BCUT2D eigenvalue weighted by molar-refractivity contribution is 6.30. The Balaban J connectivity index is 2.30. The third kappa shape index (κ3) is 5.29. The van der Waals surface area contributed by atoms with Crippen molar-refractivity contribution in [3.8, 4) is 0 Å². The molecule has 1 N–H and O–H groups in total. The second-order valence-corrected chi connectivity index (χ2v) is 5.35. The molecule has 17 heavy (non-hydrogen) atoms. The molecule has 0 bridgehead atoms. The minimum Gasteiger partial charge on any atom is -0.311 e. The van der Waals surface area contributed by atoms with Gasteiger partial charge >= 0.3 is 0 Å². The van der Waals surface area contributed by atoms with Crippen LogP contribution in [0.5, 0.6) is 0 Å². The number of alkyl halides is 1. The lowest BCUT2D eigenvalue weighted by atomic mass is 9.99. The summed E-state index contributed by atoms with van der Waals surface area (Å²) >= 11 is 12.2. The molecule has 1 unspecified atom stereocenters. The summed E-state index contributed by atoms with van der Waals surface area (Å²) in [6.07, 6.45) is 2.29. The van der Waals surface area contributed by atoms with Gasteiger partial charge in [-0.1, -0.05) is 50.4 Å². The van der Waals surface area contributed by atoms with Crippen molar-refractivity contribution in [2.75, 3.05) is 6.54 Å². The maximum Gasteiger partial charge on any atom is 0.0488 e. The SMILES string of the molecule is CCC(CC)C(Cl)CNCc1ccc(Cl)cc1. The monoisotopic (exact) mass is 273 g/mol. The van der Waals surface area contributed by atoms with E-state index < -0.39 is 0 Å². The molecule has 0 radical (unpaired) electrons. The molecule has 0 aromatic heterocycles. The molecule has 0 fully saturated rings. The van der Waals surface area contributed by atoms with Crippen molar-refractivity contribution in [1.82, 2.24) is 5.32 Å². The molecule has 96 valence electrons. The highest BCUT2D eigenvalue weighted by Gasteiger charge is 2.14. The summed E-state index contributed by atoms with van der Waals surface area (Å²) in [6, 6.07) is 7.90. The van der Waals surface area contributed by atoms with Crippen molar-refractivity contribution in [2.24, 2.45) is 5.92 Å². The van der Waals surface area contributed by atoms with Gasteiger partial charge in [0, 0.05) is 23.5 Å². The Bertz CT molecular complexity index is 307. The molecule has 0 aliphatic carbocycles. The lowest BCUT2D eigenvalue weighted by molar-refractivity contribution is 0.446.